The molecule has 0 aromatic rings. The third-order valence-corrected chi connectivity index (χ3v) is 0.577. The van der Waals surface area contributed by atoms with Crippen molar-refractivity contribution in [2.24, 2.45) is 0 Å². The van der Waals surface area contributed by atoms with Crippen molar-refractivity contribution >= 4 is 0 Å². The molecule has 1 radical (unpaired) electrons. The summed E-state index contributed by atoms with van der Waals surface area (Å²) in [6, 6.07) is 3.39. The monoisotopic (exact) mass is 105 g/mol. The van der Waals surface area contributed by atoms with E-state index in [9.17, 15) is 0 Å². The van der Waals surface area contributed by atoms with Gasteiger partial charge < -0.3 is 0 Å². The summed E-state index contributed by atoms with van der Waals surface area (Å²) in [6.45, 7) is 1.83. The summed E-state index contributed by atoms with van der Waals surface area (Å²) >= 11 is 0. The van der Waals surface area contributed by atoms with Crippen LogP contribution in [0, 0.1) is 28.7 Å². The lowest BCUT2D eigenvalue weighted by Crippen LogP contribution is -1.69. The first-order chi connectivity index (χ1) is 3.85. The first kappa shape index (κ1) is 6.72. The first-order valence-corrected chi connectivity index (χ1v) is 2.26. The fourth-order valence-electron chi connectivity index (χ4n) is 0.281. The van der Waals surface area contributed by atoms with Crippen molar-refractivity contribution in [3.63, 3.8) is 0 Å². The lowest BCUT2D eigenvalue weighted by molar-refractivity contribution is 1.17. The van der Waals surface area contributed by atoms with Gasteiger partial charge in [-0.2, -0.15) is 10.5 Å². The van der Waals surface area contributed by atoms with Gasteiger partial charge in [0.25, 0.3) is 0 Å². The fraction of sp³-hybridized carbons (Fsp3) is 0.333. The van der Waals surface area contributed by atoms with Gasteiger partial charge in [0, 0.05) is 0 Å². The van der Waals surface area contributed by atoms with Gasteiger partial charge in [-0.1, -0.05) is 6.92 Å². The highest BCUT2D eigenvalue weighted by atomic mass is 14.3. The van der Waals surface area contributed by atoms with Gasteiger partial charge >= 0.3 is 0 Å². The highest BCUT2D eigenvalue weighted by Gasteiger charge is 1.85. The summed E-state index contributed by atoms with van der Waals surface area (Å²) in [5.74, 6) is 0. The van der Waals surface area contributed by atoms with Crippen LogP contribution in [0.2, 0.25) is 0 Å². The Morgan fingerprint density at radius 3 is 2.00 bits per heavy atom. The third-order valence-electron chi connectivity index (χ3n) is 0.577. The largest absolute Gasteiger partial charge is 0.192 e. The van der Waals surface area contributed by atoms with Crippen molar-refractivity contribution in [3.8, 4) is 12.1 Å². The summed E-state index contributed by atoms with van der Waals surface area (Å²) < 4.78 is 0. The summed E-state index contributed by atoms with van der Waals surface area (Å²) in [5.41, 5.74) is 0.0764. The zero-order valence-electron chi connectivity index (χ0n) is 4.60. The predicted molar refractivity (Wildman–Crippen MR) is 28.3 cm³/mol. The van der Waals surface area contributed by atoms with Crippen LogP contribution in [-0.4, -0.2) is 0 Å². The average molecular weight is 105 g/mol. The second-order valence-corrected chi connectivity index (χ2v) is 1.13. The predicted octanol–water partition coefficient (Wildman–Crippen LogP) is 1.17. The van der Waals surface area contributed by atoms with Crippen LogP contribution in [0.3, 0.4) is 0 Å². The van der Waals surface area contributed by atoms with Crippen LogP contribution in [0.25, 0.3) is 0 Å². The van der Waals surface area contributed by atoms with Crippen molar-refractivity contribution in [1.82, 2.24) is 0 Å². The molecule has 8 heavy (non-hydrogen) atoms. The molecular formula is C6H5N2. The van der Waals surface area contributed by atoms with Crippen LogP contribution >= 0.6 is 0 Å². The van der Waals surface area contributed by atoms with E-state index in [0.29, 0.717) is 6.42 Å². The molecule has 0 aromatic heterocycles. The van der Waals surface area contributed by atoms with Crippen molar-refractivity contribution in [1.29, 1.82) is 10.5 Å². The van der Waals surface area contributed by atoms with Gasteiger partial charge in [-0.15, -0.1) is 0 Å². The van der Waals surface area contributed by atoms with Crippen molar-refractivity contribution in [2.75, 3.05) is 0 Å². The maximum Gasteiger partial charge on any atom is 0.133 e. The summed E-state index contributed by atoms with van der Waals surface area (Å²) in [7, 11) is 0. The number of nitriles is 2. The minimum Gasteiger partial charge on any atom is -0.192 e. The fourth-order valence-corrected chi connectivity index (χ4v) is 0.281. The highest BCUT2D eigenvalue weighted by Crippen LogP contribution is 1.88. The van der Waals surface area contributed by atoms with E-state index in [1.54, 1.807) is 12.1 Å². The molecule has 39 valence electrons. The zero-order valence-corrected chi connectivity index (χ0v) is 4.60. The lowest BCUT2D eigenvalue weighted by Gasteiger charge is -1.73. The van der Waals surface area contributed by atoms with Crippen LogP contribution in [0.15, 0.2) is 5.57 Å². The van der Waals surface area contributed by atoms with E-state index in [2.05, 4.69) is 6.08 Å². The van der Waals surface area contributed by atoms with Crippen molar-refractivity contribution in [2.45, 2.75) is 13.3 Å². The van der Waals surface area contributed by atoms with Crippen LogP contribution in [0.1, 0.15) is 13.3 Å². The van der Waals surface area contributed by atoms with E-state index in [-0.39, 0.29) is 5.57 Å². The normalized spacial score (nSPS) is 6.38. The minimum absolute atomic E-state index is 0.0764. The third kappa shape index (κ3) is 2.00. The SMILES string of the molecule is CC[C]=C(C#N)C#N. The Bertz CT molecular complexity index is 150. The molecule has 2 nitrogen and oxygen atoms in total. The summed E-state index contributed by atoms with van der Waals surface area (Å²) in [5, 5.41) is 16.2. The molecule has 0 fully saturated rings. The second-order valence-electron chi connectivity index (χ2n) is 1.13. The molecule has 0 aromatic carbocycles. The summed E-state index contributed by atoms with van der Waals surface area (Å²) in [6.07, 6.45) is 3.20. The molecule has 0 bridgehead atoms. The number of rotatable bonds is 1. The van der Waals surface area contributed by atoms with Gasteiger partial charge in [0.1, 0.15) is 17.7 Å². The highest BCUT2D eigenvalue weighted by molar-refractivity contribution is 5.32. The molecule has 2 heteroatoms. The molecule has 0 amide bonds. The number of nitrogens with zero attached hydrogens (tertiary/aromatic N) is 2. The van der Waals surface area contributed by atoms with E-state index in [4.69, 9.17) is 10.5 Å². The molecule has 0 rings (SSSR count). The Hall–Kier alpha value is -1.28. The Labute approximate surface area is 48.7 Å². The van der Waals surface area contributed by atoms with Crippen LogP contribution < -0.4 is 0 Å². The van der Waals surface area contributed by atoms with Gasteiger partial charge in [0.15, 0.2) is 0 Å². The Kier molecular flexibility index (Phi) is 3.27. The molecule has 0 spiro atoms. The molecule has 0 unspecified atom stereocenters. The number of allylic oxidation sites excluding steroid dienone is 2. The number of hydrogen-bond donors (Lipinski definition) is 0. The Morgan fingerprint density at radius 2 is 1.88 bits per heavy atom. The lowest BCUT2D eigenvalue weighted by atomic mass is 10.3. The molecule has 0 atom stereocenters. The smallest absolute Gasteiger partial charge is 0.133 e. The quantitative estimate of drug-likeness (QED) is 0.470. The molecule has 0 saturated heterocycles. The maximum absolute atomic E-state index is 8.09. The molecule has 0 aliphatic rings. The topological polar surface area (TPSA) is 47.6 Å². The average Bonchev–Trinajstić information content (AvgIpc) is 1.83. The van der Waals surface area contributed by atoms with Crippen LogP contribution in [0.5, 0.6) is 0 Å². The van der Waals surface area contributed by atoms with E-state index < -0.39 is 0 Å². The van der Waals surface area contributed by atoms with E-state index >= 15 is 0 Å². The first-order valence-electron chi connectivity index (χ1n) is 2.26. The van der Waals surface area contributed by atoms with Gasteiger partial charge in [-0.25, -0.2) is 0 Å². The molecule has 0 saturated carbocycles. The van der Waals surface area contributed by atoms with E-state index in [0.717, 1.165) is 0 Å². The van der Waals surface area contributed by atoms with Gasteiger partial charge in [0.2, 0.25) is 0 Å². The van der Waals surface area contributed by atoms with Crippen LogP contribution in [-0.2, 0) is 0 Å². The Morgan fingerprint density at radius 1 is 1.38 bits per heavy atom. The molecule has 0 heterocycles. The molecule has 0 aliphatic carbocycles. The maximum atomic E-state index is 8.09. The minimum atomic E-state index is 0.0764. The van der Waals surface area contributed by atoms with Crippen molar-refractivity contribution < 1.29 is 0 Å². The molecular weight excluding hydrogens is 100 g/mol. The standard InChI is InChI=1S/C6H5N2/c1-2-3-6(4-7)5-8/h2H2,1H3. The zero-order chi connectivity index (χ0) is 6.41. The van der Waals surface area contributed by atoms with Crippen LogP contribution in [0.4, 0.5) is 0 Å². The Balaban J connectivity index is 3.99. The second kappa shape index (κ2) is 3.89. The van der Waals surface area contributed by atoms with E-state index in [1.807, 2.05) is 6.92 Å². The summed E-state index contributed by atoms with van der Waals surface area (Å²) in [4.78, 5) is 0. The molecule has 0 N–H and O–H groups in total. The van der Waals surface area contributed by atoms with E-state index in [1.165, 1.54) is 0 Å². The van der Waals surface area contributed by atoms with Gasteiger partial charge in [-0.3, -0.25) is 0 Å². The van der Waals surface area contributed by atoms with Gasteiger partial charge in [-0.05, 0) is 12.5 Å². The van der Waals surface area contributed by atoms with Gasteiger partial charge in [0.05, 0.1) is 0 Å². The molecule has 0 aliphatic heterocycles. The number of hydrogen-bond acceptors (Lipinski definition) is 2. The van der Waals surface area contributed by atoms with Crippen molar-refractivity contribution in [3.05, 3.63) is 11.6 Å².